The van der Waals surface area contributed by atoms with E-state index in [9.17, 15) is 9.18 Å². The van der Waals surface area contributed by atoms with Gasteiger partial charge in [0.2, 0.25) is 5.91 Å². The summed E-state index contributed by atoms with van der Waals surface area (Å²) < 4.78 is 21.2. The monoisotopic (exact) mass is 377 g/mol. The summed E-state index contributed by atoms with van der Waals surface area (Å²) in [4.78, 5) is 20.1. The number of hydrogen-bond donors (Lipinski definition) is 1. The van der Waals surface area contributed by atoms with Crippen LogP contribution in [0.5, 0.6) is 0 Å². The maximum absolute atomic E-state index is 14.2. The molecule has 0 radical (unpaired) electrons. The number of oxazole rings is 1. The normalized spacial score (nSPS) is 10.8. The Labute approximate surface area is 159 Å². The van der Waals surface area contributed by atoms with Crippen molar-refractivity contribution in [2.75, 3.05) is 5.32 Å². The van der Waals surface area contributed by atoms with Crippen molar-refractivity contribution < 1.29 is 13.6 Å². The highest BCUT2D eigenvalue weighted by molar-refractivity contribution is 5.90. The minimum absolute atomic E-state index is 0.168. The molecule has 0 fully saturated rings. The third-order valence-electron chi connectivity index (χ3n) is 4.07. The van der Waals surface area contributed by atoms with Gasteiger partial charge in [-0.1, -0.05) is 30.3 Å². The Morgan fingerprint density at radius 1 is 1.18 bits per heavy atom. The number of carbonyl (C=O) groups excluding carboxylic acids is 1. The number of aryl methyl sites for hydroxylation is 1. The van der Waals surface area contributed by atoms with Crippen LogP contribution in [0.1, 0.15) is 12.3 Å². The molecule has 2 aromatic carbocycles. The van der Waals surface area contributed by atoms with Crippen molar-refractivity contribution in [1.82, 2.24) is 19.7 Å². The van der Waals surface area contributed by atoms with E-state index in [1.54, 1.807) is 12.3 Å². The average Bonchev–Trinajstić information content (AvgIpc) is 3.39. The van der Waals surface area contributed by atoms with Crippen molar-refractivity contribution in [2.45, 2.75) is 12.8 Å². The molecule has 0 aliphatic carbocycles. The van der Waals surface area contributed by atoms with Crippen LogP contribution in [-0.4, -0.2) is 25.7 Å². The first kappa shape index (κ1) is 17.6. The Hall–Kier alpha value is -3.81. The second-order valence-corrected chi connectivity index (χ2v) is 6.04. The van der Waals surface area contributed by atoms with Gasteiger partial charge in [-0.15, -0.1) is 0 Å². The van der Waals surface area contributed by atoms with E-state index < -0.39 is 5.82 Å². The maximum atomic E-state index is 14.2. The number of carbonyl (C=O) groups is 1. The Kier molecular flexibility index (Phi) is 4.92. The number of aromatic nitrogens is 4. The number of nitrogens with one attached hydrogen (secondary N) is 1. The van der Waals surface area contributed by atoms with E-state index in [2.05, 4.69) is 20.4 Å². The summed E-state index contributed by atoms with van der Waals surface area (Å²) in [7, 11) is 0. The van der Waals surface area contributed by atoms with Crippen LogP contribution in [0.2, 0.25) is 0 Å². The molecule has 0 unspecified atom stereocenters. The number of halogens is 1. The van der Waals surface area contributed by atoms with Gasteiger partial charge >= 0.3 is 0 Å². The van der Waals surface area contributed by atoms with Gasteiger partial charge in [-0.25, -0.2) is 19.0 Å². The number of rotatable bonds is 6. The third kappa shape index (κ3) is 3.96. The number of hydrogen-bond acceptors (Lipinski definition) is 5. The molecule has 0 aliphatic rings. The average molecular weight is 377 g/mol. The van der Waals surface area contributed by atoms with Crippen molar-refractivity contribution >= 4 is 11.6 Å². The fraction of sp³-hybridized carbons (Fsp3) is 0.100. The Balaban J connectivity index is 1.35. The van der Waals surface area contributed by atoms with E-state index in [1.165, 1.54) is 29.5 Å². The number of benzene rings is 2. The summed E-state index contributed by atoms with van der Waals surface area (Å²) in [5.41, 5.74) is 1.54. The lowest BCUT2D eigenvalue weighted by atomic mass is 10.2. The molecule has 0 atom stereocenters. The standard InChI is InChI=1S/C20H16FN5O2/c21-16-10-15(6-7-17(16)26-13-22-12-24-26)25-19(27)8-9-20-23-11-18(28-20)14-4-2-1-3-5-14/h1-7,10-13H,8-9H2,(H,25,27). The third-order valence-corrected chi connectivity index (χ3v) is 4.07. The van der Waals surface area contributed by atoms with Gasteiger partial charge in [-0.3, -0.25) is 4.79 Å². The number of nitrogens with zero attached hydrogens (tertiary/aromatic N) is 4. The first-order valence-electron chi connectivity index (χ1n) is 8.63. The lowest BCUT2D eigenvalue weighted by Gasteiger charge is -2.07. The molecule has 7 nitrogen and oxygen atoms in total. The summed E-state index contributed by atoms with van der Waals surface area (Å²) in [5.74, 6) is 0.361. The number of amides is 1. The minimum atomic E-state index is -0.511. The van der Waals surface area contributed by atoms with Crippen molar-refractivity contribution in [3.63, 3.8) is 0 Å². The van der Waals surface area contributed by atoms with Crippen molar-refractivity contribution in [3.05, 3.63) is 79.1 Å². The van der Waals surface area contributed by atoms with Gasteiger partial charge in [0.1, 0.15) is 18.3 Å². The van der Waals surface area contributed by atoms with Crippen LogP contribution in [0.4, 0.5) is 10.1 Å². The highest BCUT2D eigenvalue weighted by Crippen LogP contribution is 2.21. The molecular weight excluding hydrogens is 361 g/mol. The summed E-state index contributed by atoms with van der Waals surface area (Å²) in [6.07, 6.45) is 4.87. The molecule has 28 heavy (non-hydrogen) atoms. The van der Waals surface area contributed by atoms with Crippen molar-refractivity contribution in [1.29, 1.82) is 0 Å². The van der Waals surface area contributed by atoms with Gasteiger partial charge in [0.15, 0.2) is 17.5 Å². The topological polar surface area (TPSA) is 85.8 Å². The van der Waals surface area contributed by atoms with Crippen LogP contribution < -0.4 is 5.32 Å². The van der Waals surface area contributed by atoms with Crippen molar-refractivity contribution in [2.24, 2.45) is 0 Å². The molecule has 2 heterocycles. The van der Waals surface area contributed by atoms with Crippen LogP contribution in [0, 0.1) is 5.82 Å². The van der Waals surface area contributed by atoms with Gasteiger partial charge in [0.05, 0.1) is 6.20 Å². The summed E-state index contributed by atoms with van der Waals surface area (Å²) in [6.45, 7) is 0. The lowest BCUT2D eigenvalue weighted by Crippen LogP contribution is -2.13. The van der Waals surface area contributed by atoms with E-state index in [0.717, 1.165) is 5.56 Å². The molecule has 0 aliphatic heterocycles. The van der Waals surface area contributed by atoms with Crippen LogP contribution in [0.3, 0.4) is 0 Å². The summed E-state index contributed by atoms with van der Waals surface area (Å²) >= 11 is 0. The van der Waals surface area contributed by atoms with E-state index in [0.29, 0.717) is 23.8 Å². The molecule has 0 saturated carbocycles. The van der Waals surface area contributed by atoms with E-state index in [4.69, 9.17) is 4.42 Å². The highest BCUT2D eigenvalue weighted by atomic mass is 19.1. The molecule has 4 rings (SSSR count). The van der Waals surface area contributed by atoms with Gasteiger partial charge in [-0.2, -0.15) is 5.10 Å². The zero-order valence-electron chi connectivity index (χ0n) is 14.7. The Bertz CT molecular complexity index is 1080. The quantitative estimate of drug-likeness (QED) is 0.554. The van der Waals surface area contributed by atoms with Gasteiger partial charge in [0, 0.05) is 24.1 Å². The van der Waals surface area contributed by atoms with Crippen LogP contribution in [0.15, 0.2) is 71.8 Å². The second-order valence-electron chi connectivity index (χ2n) is 6.04. The number of anilines is 1. The first-order valence-corrected chi connectivity index (χ1v) is 8.63. The molecule has 1 amide bonds. The molecule has 0 spiro atoms. The van der Waals surface area contributed by atoms with Crippen molar-refractivity contribution in [3.8, 4) is 17.0 Å². The largest absolute Gasteiger partial charge is 0.441 e. The molecule has 1 N–H and O–H groups in total. The maximum Gasteiger partial charge on any atom is 0.224 e. The van der Waals surface area contributed by atoms with E-state index in [1.807, 2.05) is 30.3 Å². The molecule has 8 heteroatoms. The van der Waals surface area contributed by atoms with Gasteiger partial charge < -0.3 is 9.73 Å². The lowest BCUT2D eigenvalue weighted by molar-refractivity contribution is -0.116. The zero-order chi connectivity index (χ0) is 19.3. The van der Waals surface area contributed by atoms with Crippen LogP contribution >= 0.6 is 0 Å². The van der Waals surface area contributed by atoms with Gasteiger partial charge in [0.25, 0.3) is 0 Å². The van der Waals surface area contributed by atoms with Crippen LogP contribution in [-0.2, 0) is 11.2 Å². The van der Waals surface area contributed by atoms with E-state index in [-0.39, 0.29) is 18.0 Å². The predicted octanol–water partition coefficient (Wildman–Crippen LogP) is 3.63. The van der Waals surface area contributed by atoms with Crippen LogP contribution in [0.25, 0.3) is 17.0 Å². The molecule has 0 bridgehead atoms. The fourth-order valence-corrected chi connectivity index (χ4v) is 2.71. The smallest absolute Gasteiger partial charge is 0.224 e. The molecule has 140 valence electrons. The molecule has 0 saturated heterocycles. The molecule has 2 aromatic heterocycles. The summed E-state index contributed by atoms with van der Waals surface area (Å²) in [6, 6.07) is 14.0. The zero-order valence-corrected chi connectivity index (χ0v) is 14.7. The fourth-order valence-electron chi connectivity index (χ4n) is 2.71. The SMILES string of the molecule is O=C(CCc1ncc(-c2ccccc2)o1)Nc1ccc(-n2cncn2)c(F)c1. The minimum Gasteiger partial charge on any atom is -0.441 e. The summed E-state index contributed by atoms with van der Waals surface area (Å²) in [5, 5.41) is 6.56. The first-order chi connectivity index (χ1) is 13.7. The molecule has 4 aromatic rings. The van der Waals surface area contributed by atoms with Gasteiger partial charge in [-0.05, 0) is 18.2 Å². The second kappa shape index (κ2) is 7.83. The highest BCUT2D eigenvalue weighted by Gasteiger charge is 2.11. The molecular formula is C20H16FN5O2. The predicted molar refractivity (Wildman–Crippen MR) is 100 cm³/mol. The van der Waals surface area contributed by atoms with E-state index >= 15 is 0 Å². The Morgan fingerprint density at radius 3 is 2.79 bits per heavy atom. The Morgan fingerprint density at radius 2 is 2.04 bits per heavy atom.